The highest BCUT2D eigenvalue weighted by Crippen LogP contribution is 2.32. The summed E-state index contributed by atoms with van der Waals surface area (Å²) in [6.45, 7) is 11.7. The number of pyridine rings is 1. The van der Waals surface area contributed by atoms with Crippen molar-refractivity contribution in [2.75, 3.05) is 0 Å². The number of aryl methyl sites for hydroxylation is 1. The van der Waals surface area contributed by atoms with Gasteiger partial charge in [0.05, 0.1) is 16.4 Å². The lowest BCUT2D eigenvalue weighted by molar-refractivity contribution is 0.571. The highest BCUT2D eigenvalue weighted by atomic mass is 32.1. The van der Waals surface area contributed by atoms with Gasteiger partial charge in [-0.3, -0.25) is 4.98 Å². The molecule has 2 heterocycles. The zero-order chi connectivity index (χ0) is 14.8. The van der Waals surface area contributed by atoms with Crippen molar-refractivity contribution < 1.29 is 0 Å². The van der Waals surface area contributed by atoms with Crippen LogP contribution in [-0.4, -0.2) is 9.97 Å². The van der Waals surface area contributed by atoms with Gasteiger partial charge in [-0.2, -0.15) is 0 Å². The number of thiazole rings is 1. The molecule has 1 N–H and O–H groups in total. The molecule has 0 amide bonds. The van der Waals surface area contributed by atoms with Gasteiger partial charge in [0.25, 0.3) is 0 Å². The minimum absolute atomic E-state index is 0.119. The summed E-state index contributed by atoms with van der Waals surface area (Å²) >= 11 is 1.82. The first-order valence-corrected chi connectivity index (χ1v) is 7.80. The van der Waals surface area contributed by atoms with E-state index in [1.807, 2.05) is 35.7 Å². The number of nitrogens with zero attached hydrogens (tertiary/aromatic N) is 2. The summed E-state index contributed by atoms with van der Waals surface area (Å²) < 4.78 is 0. The summed E-state index contributed by atoms with van der Waals surface area (Å²) in [5, 5.41) is 4.73. The fourth-order valence-corrected chi connectivity index (χ4v) is 3.13. The molecule has 4 heteroatoms. The van der Waals surface area contributed by atoms with Crippen molar-refractivity contribution in [3.05, 3.63) is 45.7 Å². The normalized spacial score (nSPS) is 13.4. The molecule has 0 aliphatic heterocycles. The van der Waals surface area contributed by atoms with E-state index in [4.69, 9.17) is 4.98 Å². The van der Waals surface area contributed by atoms with Gasteiger partial charge in [-0.05, 0) is 26.0 Å². The second kappa shape index (κ2) is 6.02. The molecular weight excluding hydrogens is 266 g/mol. The number of hydrogen-bond acceptors (Lipinski definition) is 4. The third kappa shape index (κ3) is 3.64. The van der Waals surface area contributed by atoms with Crippen LogP contribution in [0.1, 0.15) is 55.0 Å². The fraction of sp³-hybridized carbons (Fsp3) is 0.500. The molecule has 1 atom stereocenters. The Morgan fingerprint density at radius 1 is 1.30 bits per heavy atom. The van der Waals surface area contributed by atoms with E-state index in [2.05, 4.69) is 44.9 Å². The van der Waals surface area contributed by atoms with Crippen LogP contribution in [0.2, 0.25) is 0 Å². The van der Waals surface area contributed by atoms with E-state index in [1.165, 1.54) is 9.88 Å². The Bertz CT molecular complexity index is 555. The van der Waals surface area contributed by atoms with Crippen LogP contribution in [0.15, 0.2) is 24.4 Å². The lowest BCUT2D eigenvalue weighted by Gasteiger charge is -2.14. The van der Waals surface area contributed by atoms with Crippen molar-refractivity contribution in [2.24, 2.45) is 0 Å². The molecular formula is C16H23N3S. The Balaban J connectivity index is 2.06. The number of nitrogens with one attached hydrogen (secondary N) is 1. The smallest absolute Gasteiger partial charge is 0.0985 e. The van der Waals surface area contributed by atoms with Gasteiger partial charge in [-0.1, -0.05) is 26.8 Å². The van der Waals surface area contributed by atoms with Crippen molar-refractivity contribution in [3.63, 3.8) is 0 Å². The van der Waals surface area contributed by atoms with Crippen LogP contribution in [0.25, 0.3) is 0 Å². The average Bonchev–Trinajstić information content (AvgIpc) is 2.79. The number of aromatic nitrogens is 2. The van der Waals surface area contributed by atoms with Crippen LogP contribution in [0.5, 0.6) is 0 Å². The van der Waals surface area contributed by atoms with E-state index in [0.717, 1.165) is 17.9 Å². The summed E-state index contributed by atoms with van der Waals surface area (Å²) in [6.07, 6.45) is 1.83. The van der Waals surface area contributed by atoms with E-state index < -0.39 is 0 Å². The molecule has 0 saturated carbocycles. The Kier molecular flexibility index (Phi) is 4.55. The molecule has 0 aliphatic carbocycles. The van der Waals surface area contributed by atoms with Gasteiger partial charge in [0.2, 0.25) is 0 Å². The molecule has 2 aromatic rings. The maximum atomic E-state index is 4.72. The second-order valence-electron chi connectivity index (χ2n) is 6.14. The van der Waals surface area contributed by atoms with Gasteiger partial charge < -0.3 is 5.32 Å². The summed E-state index contributed by atoms with van der Waals surface area (Å²) in [4.78, 5) is 10.4. The van der Waals surface area contributed by atoms with Crippen LogP contribution in [0.4, 0.5) is 0 Å². The van der Waals surface area contributed by atoms with Gasteiger partial charge >= 0.3 is 0 Å². The summed E-state index contributed by atoms with van der Waals surface area (Å²) in [5.74, 6) is 0. The summed E-state index contributed by atoms with van der Waals surface area (Å²) in [6, 6.07) is 6.30. The monoisotopic (exact) mass is 289 g/mol. The van der Waals surface area contributed by atoms with Crippen LogP contribution >= 0.6 is 11.3 Å². The van der Waals surface area contributed by atoms with Gasteiger partial charge in [0, 0.05) is 29.1 Å². The summed E-state index contributed by atoms with van der Waals surface area (Å²) in [5.41, 5.74) is 2.33. The molecule has 0 saturated heterocycles. The number of rotatable bonds is 4. The van der Waals surface area contributed by atoms with Gasteiger partial charge in [-0.25, -0.2) is 4.98 Å². The van der Waals surface area contributed by atoms with Crippen LogP contribution in [0, 0.1) is 6.92 Å². The Morgan fingerprint density at radius 3 is 2.60 bits per heavy atom. The average molecular weight is 289 g/mol. The Morgan fingerprint density at radius 2 is 2.05 bits per heavy atom. The van der Waals surface area contributed by atoms with Crippen LogP contribution < -0.4 is 5.32 Å². The van der Waals surface area contributed by atoms with Gasteiger partial charge in [0.15, 0.2) is 0 Å². The quantitative estimate of drug-likeness (QED) is 0.924. The molecule has 0 bridgehead atoms. The molecule has 0 aromatic carbocycles. The largest absolute Gasteiger partial charge is 0.304 e. The highest BCUT2D eigenvalue weighted by Gasteiger charge is 2.22. The van der Waals surface area contributed by atoms with E-state index in [0.29, 0.717) is 6.04 Å². The maximum absolute atomic E-state index is 4.72. The predicted molar refractivity (Wildman–Crippen MR) is 85.0 cm³/mol. The van der Waals surface area contributed by atoms with E-state index in [9.17, 15) is 0 Å². The zero-order valence-electron chi connectivity index (χ0n) is 12.9. The van der Waals surface area contributed by atoms with Crippen molar-refractivity contribution >= 4 is 11.3 Å². The minimum Gasteiger partial charge on any atom is -0.304 e. The molecule has 0 aliphatic rings. The second-order valence-corrected chi connectivity index (χ2v) is 7.17. The molecule has 20 heavy (non-hydrogen) atoms. The van der Waals surface area contributed by atoms with Crippen molar-refractivity contribution in [1.29, 1.82) is 0 Å². The van der Waals surface area contributed by atoms with Crippen LogP contribution in [-0.2, 0) is 12.0 Å². The lowest BCUT2D eigenvalue weighted by Crippen LogP contribution is -2.18. The van der Waals surface area contributed by atoms with E-state index in [-0.39, 0.29) is 5.41 Å². The van der Waals surface area contributed by atoms with E-state index >= 15 is 0 Å². The fourth-order valence-electron chi connectivity index (χ4n) is 1.98. The first kappa shape index (κ1) is 15.1. The third-order valence-corrected chi connectivity index (χ3v) is 4.95. The van der Waals surface area contributed by atoms with Crippen LogP contribution in [0.3, 0.4) is 0 Å². The van der Waals surface area contributed by atoms with Gasteiger partial charge in [0.1, 0.15) is 0 Å². The predicted octanol–water partition coefficient (Wildman–Crippen LogP) is 3.99. The molecule has 108 valence electrons. The number of hydrogen-bond donors (Lipinski definition) is 1. The van der Waals surface area contributed by atoms with Crippen molar-refractivity contribution in [3.8, 4) is 0 Å². The topological polar surface area (TPSA) is 37.8 Å². The molecule has 0 radical (unpaired) electrons. The molecule has 2 aromatic heterocycles. The molecule has 2 rings (SSSR count). The molecule has 0 spiro atoms. The third-order valence-electron chi connectivity index (χ3n) is 3.18. The molecule has 1 unspecified atom stereocenters. The van der Waals surface area contributed by atoms with Gasteiger partial charge in [-0.15, -0.1) is 11.3 Å². The van der Waals surface area contributed by atoms with Crippen molar-refractivity contribution in [2.45, 2.75) is 52.6 Å². The summed E-state index contributed by atoms with van der Waals surface area (Å²) in [7, 11) is 0. The Labute approximate surface area is 125 Å². The van der Waals surface area contributed by atoms with Crippen molar-refractivity contribution in [1.82, 2.24) is 15.3 Å². The highest BCUT2D eigenvalue weighted by molar-refractivity contribution is 7.12. The minimum atomic E-state index is 0.119. The Hall–Kier alpha value is -1.26. The maximum Gasteiger partial charge on any atom is 0.0985 e. The van der Waals surface area contributed by atoms with E-state index in [1.54, 1.807) is 0 Å². The molecule has 0 fully saturated rings. The first-order chi connectivity index (χ1) is 9.38. The zero-order valence-corrected chi connectivity index (χ0v) is 13.7. The lowest BCUT2D eigenvalue weighted by atomic mass is 9.98. The molecule has 3 nitrogen and oxygen atoms in total. The SMILES string of the molecule is Cc1nc(C(C)(C)C)sc1C(C)NCc1ccccn1. The standard InChI is InChI=1S/C16H23N3S/c1-11(18-10-13-8-6-7-9-17-13)14-12(2)19-15(20-14)16(3,4)5/h6-9,11,18H,10H2,1-5H3. The first-order valence-electron chi connectivity index (χ1n) is 6.99.